The zero-order valence-corrected chi connectivity index (χ0v) is 15.6. The molecule has 1 aromatic heterocycles. The van der Waals surface area contributed by atoms with Crippen LogP contribution in [0.3, 0.4) is 0 Å². The molecule has 0 spiro atoms. The van der Waals surface area contributed by atoms with E-state index >= 15 is 4.39 Å². The van der Waals surface area contributed by atoms with Gasteiger partial charge in [-0.15, -0.1) is 0 Å². The number of ether oxygens (including phenoxy) is 1. The Labute approximate surface area is 160 Å². The number of imide groups is 1. The quantitative estimate of drug-likeness (QED) is 0.680. The van der Waals surface area contributed by atoms with Gasteiger partial charge in [-0.3, -0.25) is 14.9 Å². The van der Waals surface area contributed by atoms with Gasteiger partial charge in [0.05, 0.1) is 11.3 Å². The Bertz CT molecular complexity index is 1080. The van der Waals surface area contributed by atoms with Gasteiger partial charge in [0, 0.05) is 18.4 Å². The van der Waals surface area contributed by atoms with Crippen LogP contribution in [0.15, 0.2) is 28.8 Å². The maximum Gasteiger partial charge on any atom is 0.235 e. The van der Waals surface area contributed by atoms with Gasteiger partial charge >= 0.3 is 0 Å². The summed E-state index contributed by atoms with van der Waals surface area (Å²) in [7, 11) is 3.83. The first kappa shape index (κ1) is 18.4. The smallest absolute Gasteiger partial charge is 0.235 e. The number of amides is 2. The van der Waals surface area contributed by atoms with Crippen LogP contribution in [0, 0.1) is 5.82 Å². The maximum absolute atomic E-state index is 15.0. The molecule has 0 radical (unpaired) electrons. The molecule has 1 saturated heterocycles. The first-order valence-electron chi connectivity index (χ1n) is 9.07. The third kappa shape index (κ3) is 3.20. The summed E-state index contributed by atoms with van der Waals surface area (Å²) in [6.07, 6.45) is 0.574. The molecule has 1 atom stereocenters. The molecule has 3 aromatic rings. The number of halogens is 1. The molecule has 8 heteroatoms. The molecule has 2 amide bonds. The first-order chi connectivity index (χ1) is 13.5. The molecule has 7 nitrogen and oxygen atoms in total. The van der Waals surface area contributed by atoms with Gasteiger partial charge in [0.15, 0.2) is 17.1 Å². The Balaban J connectivity index is 1.77. The Hall–Kier alpha value is -3.00. The van der Waals surface area contributed by atoms with Crippen LogP contribution >= 0.6 is 0 Å². The minimum Gasteiger partial charge on any atom is -0.489 e. The van der Waals surface area contributed by atoms with Gasteiger partial charge in [0.2, 0.25) is 11.8 Å². The fourth-order valence-electron chi connectivity index (χ4n) is 3.46. The number of carbonyl (C=O) groups is 2. The predicted octanol–water partition coefficient (Wildman–Crippen LogP) is 2.58. The van der Waals surface area contributed by atoms with Gasteiger partial charge in [-0.25, -0.2) is 4.39 Å². The van der Waals surface area contributed by atoms with Gasteiger partial charge in [-0.1, -0.05) is 5.16 Å². The Morgan fingerprint density at radius 3 is 2.79 bits per heavy atom. The highest BCUT2D eigenvalue weighted by Gasteiger charge is 2.32. The van der Waals surface area contributed by atoms with Crippen molar-refractivity contribution in [3.05, 3.63) is 35.8 Å². The molecule has 0 bridgehead atoms. The van der Waals surface area contributed by atoms with E-state index in [2.05, 4.69) is 10.5 Å². The molecular weight excluding hydrogens is 365 g/mol. The van der Waals surface area contributed by atoms with E-state index in [1.807, 2.05) is 19.0 Å². The van der Waals surface area contributed by atoms with E-state index in [1.54, 1.807) is 24.3 Å². The van der Waals surface area contributed by atoms with E-state index in [9.17, 15) is 9.59 Å². The summed E-state index contributed by atoms with van der Waals surface area (Å²) in [5.74, 6) is -1.61. The molecule has 28 heavy (non-hydrogen) atoms. The molecule has 146 valence electrons. The van der Waals surface area contributed by atoms with Crippen molar-refractivity contribution in [3.8, 4) is 5.75 Å². The molecule has 1 N–H and O–H groups in total. The molecule has 0 unspecified atom stereocenters. The van der Waals surface area contributed by atoms with Crippen LogP contribution in [0.2, 0.25) is 0 Å². The number of aromatic nitrogens is 1. The second kappa shape index (κ2) is 7.20. The number of nitrogens with one attached hydrogen (secondary N) is 1. The van der Waals surface area contributed by atoms with Crippen molar-refractivity contribution >= 4 is 33.6 Å². The minimum atomic E-state index is -0.608. The Morgan fingerprint density at radius 1 is 1.25 bits per heavy atom. The molecule has 2 aromatic carbocycles. The monoisotopic (exact) mass is 385 g/mol. The molecule has 0 saturated carbocycles. The highest BCUT2D eigenvalue weighted by atomic mass is 19.1. The molecule has 1 fully saturated rings. The number of carbonyl (C=O) groups excluding carboxylic acids is 2. The van der Waals surface area contributed by atoms with Crippen molar-refractivity contribution in [2.75, 3.05) is 27.2 Å². The summed E-state index contributed by atoms with van der Waals surface area (Å²) in [5.41, 5.74) is 0.888. The second-order valence-electron chi connectivity index (χ2n) is 7.13. The summed E-state index contributed by atoms with van der Waals surface area (Å²) in [6, 6.07) is 6.57. The highest BCUT2D eigenvalue weighted by molar-refractivity contribution is 6.10. The topological polar surface area (TPSA) is 84.7 Å². The number of piperidine rings is 1. The van der Waals surface area contributed by atoms with Crippen molar-refractivity contribution in [2.24, 2.45) is 0 Å². The van der Waals surface area contributed by atoms with Crippen LogP contribution in [0.1, 0.15) is 24.5 Å². The fourth-order valence-corrected chi connectivity index (χ4v) is 3.46. The van der Waals surface area contributed by atoms with Gasteiger partial charge in [0.1, 0.15) is 12.3 Å². The molecule has 1 aliphatic heterocycles. The van der Waals surface area contributed by atoms with E-state index in [0.717, 1.165) is 0 Å². The average molecular weight is 385 g/mol. The van der Waals surface area contributed by atoms with Gasteiger partial charge in [0.25, 0.3) is 0 Å². The molecule has 4 rings (SSSR count). The molecular formula is C20H20FN3O4. The number of fused-ring (bicyclic) bond motifs is 3. The van der Waals surface area contributed by atoms with E-state index < -0.39 is 17.6 Å². The van der Waals surface area contributed by atoms with Crippen LogP contribution in [0.5, 0.6) is 5.75 Å². The van der Waals surface area contributed by atoms with E-state index in [-0.39, 0.29) is 18.1 Å². The van der Waals surface area contributed by atoms with Crippen molar-refractivity contribution < 1.29 is 23.2 Å². The van der Waals surface area contributed by atoms with Crippen LogP contribution in [0.25, 0.3) is 21.7 Å². The number of benzene rings is 2. The second-order valence-corrected chi connectivity index (χ2v) is 7.13. The van der Waals surface area contributed by atoms with Crippen LogP contribution in [0.4, 0.5) is 4.39 Å². The van der Waals surface area contributed by atoms with Crippen molar-refractivity contribution in [1.82, 2.24) is 15.4 Å². The van der Waals surface area contributed by atoms with Gasteiger partial charge in [-0.2, -0.15) is 0 Å². The number of rotatable bonds is 5. The Morgan fingerprint density at radius 2 is 2.04 bits per heavy atom. The van der Waals surface area contributed by atoms with E-state index in [4.69, 9.17) is 9.26 Å². The Kier molecular flexibility index (Phi) is 4.72. The zero-order valence-electron chi connectivity index (χ0n) is 15.6. The summed E-state index contributed by atoms with van der Waals surface area (Å²) < 4.78 is 26.0. The molecule has 2 heterocycles. The molecule has 1 aliphatic rings. The lowest BCUT2D eigenvalue weighted by molar-refractivity contribution is -0.134. The van der Waals surface area contributed by atoms with E-state index in [1.165, 1.54) is 0 Å². The van der Waals surface area contributed by atoms with Crippen molar-refractivity contribution in [1.29, 1.82) is 0 Å². The third-order valence-corrected chi connectivity index (χ3v) is 4.93. The maximum atomic E-state index is 15.0. The van der Waals surface area contributed by atoms with E-state index in [0.29, 0.717) is 47.0 Å². The SMILES string of the molecule is CN(C)CCOc1ccc2c(ccc3onc([C@@H]4CCC(=O)NC4=O)c32)c1F. The van der Waals surface area contributed by atoms with Crippen LogP contribution < -0.4 is 10.1 Å². The lowest BCUT2D eigenvalue weighted by Gasteiger charge is -2.19. The molecule has 0 aliphatic carbocycles. The third-order valence-electron chi connectivity index (χ3n) is 4.93. The van der Waals surface area contributed by atoms with Gasteiger partial charge in [-0.05, 0) is 50.2 Å². The van der Waals surface area contributed by atoms with Crippen molar-refractivity contribution in [2.45, 2.75) is 18.8 Å². The lowest BCUT2D eigenvalue weighted by Crippen LogP contribution is -2.39. The largest absolute Gasteiger partial charge is 0.489 e. The number of nitrogens with zero attached hydrogens (tertiary/aromatic N) is 2. The standard InChI is InChI=1S/C20H20FN3O4/c1-24(2)9-10-27-15-7-3-11-12(18(15)21)4-6-14-17(11)19(23-28-14)13-5-8-16(25)22-20(13)26/h3-4,6-7,13H,5,8-10H2,1-2H3,(H,22,25,26)/t13-/m0/s1. The summed E-state index contributed by atoms with van der Waals surface area (Å²) in [6.45, 7) is 1.04. The van der Waals surface area contributed by atoms with Gasteiger partial charge < -0.3 is 14.2 Å². The number of hydrogen-bond donors (Lipinski definition) is 1. The first-order valence-corrected chi connectivity index (χ1v) is 9.07. The minimum absolute atomic E-state index is 0.174. The number of hydrogen-bond acceptors (Lipinski definition) is 6. The normalized spacial score (nSPS) is 17.5. The lowest BCUT2D eigenvalue weighted by atomic mass is 9.91. The summed E-state index contributed by atoms with van der Waals surface area (Å²) in [4.78, 5) is 25.6. The highest BCUT2D eigenvalue weighted by Crippen LogP contribution is 2.37. The van der Waals surface area contributed by atoms with Crippen molar-refractivity contribution in [3.63, 3.8) is 0 Å². The van der Waals surface area contributed by atoms with Crippen LogP contribution in [-0.2, 0) is 9.59 Å². The summed E-state index contributed by atoms with van der Waals surface area (Å²) >= 11 is 0. The van der Waals surface area contributed by atoms with Crippen LogP contribution in [-0.4, -0.2) is 49.1 Å². The average Bonchev–Trinajstić information content (AvgIpc) is 3.07. The predicted molar refractivity (Wildman–Crippen MR) is 101 cm³/mol. The number of likely N-dealkylation sites (N-methyl/N-ethyl adjacent to an activating group) is 1. The fraction of sp³-hybridized carbons (Fsp3) is 0.350. The summed E-state index contributed by atoms with van der Waals surface area (Å²) in [5, 5.41) is 7.93. The zero-order chi connectivity index (χ0) is 19.8.